The van der Waals surface area contributed by atoms with E-state index in [1.165, 1.54) is 21.1 Å². The third-order valence-corrected chi connectivity index (χ3v) is 3.73. The topological polar surface area (TPSA) is 35.2 Å². The summed E-state index contributed by atoms with van der Waals surface area (Å²) < 4.78 is 6.63. The van der Waals surface area contributed by atoms with Crippen LogP contribution in [0.5, 0.6) is 5.75 Å². The van der Waals surface area contributed by atoms with Gasteiger partial charge in [-0.05, 0) is 65.1 Å². The van der Waals surface area contributed by atoms with Gasteiger partial charge in [0.2, 0.25) is 0 Å². The van der Waals surface area contributed by atoms with Gasteiger partial charge in [0.15, 0.2) is 0 Å². The Labute approximate surface area is 98.0 Å². The second kappa shape index (κ2) is 4.06. The van der Waals surface area contributed by atoms with Crippen molar-refractivity contribution in [3.8, 4) is 5.75 Å². The van der Waals surface area contributed by atoms with Gasteiger partial charge >= 0.3 is 0 Å². The molecule has 0 heterocycles. The van der Waals surface area contributed by atoms with Crippen LogP contribution in [0.2, 0.25) is 0 Å². The summed E-state index contributed by atoms with van der Waals surface area (Å²) in [5, 5.41) is 0. The summed E-state index contributed by atoms with van der Waals surface area (Å²) in [7, 11) is 1.72. The highest BCUT2D eigenvalue weighted by Crippen LogP contribution is 2.36. The lowest BCUT2D eigenvalue weighted by Gasteiger charge is -2.25. The van der Waals surface area contributed by atoms with E-state index in [0.29, 0.717) is 0 Å². The summed E-state index contributed by atoms with van der Waals surface area (Å²) in [5.41, 5.74) is 8.73. The molecule has 2 N–H and O–H groups in total. The van der Waals surface area contributed by atoms with Crippen LogP contribution in [0.15, 0.2) is 12.1 Å². The van der Waals surface area contributed by atoms with Crippen LogP contribution in [0.1, 0.15) is 30.0 Å². The number of nitrogens with two attached hydrogens (primary N) is 1. The zero-order valence-corrected chi connectivity index (χ0v) is 10.4. The molecule has 0 radical (unpaired) electrons. The molecular formula is C11H14INO. The Kier molecular flexibility index (Phi) is 2.97. The van der Waals surface area contributed by atoms with E-state index in [9.17, 15) is 0 Å². The molecule has 0 amide bonds. The lowest BCUT2D eigenvalue weighted by atomic mass is 9.87. The van der Waals surface area contributed by atoms with Crippen molar-refractivity contribution >= 4 is 22.6 Å². The molecule has 2 nitrogen and oxygen atoms in total. The van der Waals surface area contributed by atoms with Gasteiger partial charge in [-0.2, -0.15) is 0 Å². The minimum absolute atomic E-state index is 0.195. The van der Waals surface area contributed by atoms with Gasteiger partial charge in [-0.1, -0.05) is 0 Å². The maximum absolute atomic E-state index is 6.11. The number of ether oxygens (including phenoxy) is 1. The Morgan fingerprint density at radius 1 is 1.50 bits per heavy atom. The maximum atomic E-state index is 6.11. The van der Waals surface area contributed by atoms with Gasteiger partial charge < -0.3 is 10.5 Å². The third-order valence-electron chi connectivity index (χ3n) is 2.79. The Bertz CT molecular complexity index is 351. The van der Waals surface area contributed by atoms with Gasteiger partial charge in [0.05, 0.1) is 7.11 Å². The fourth-order valence-electron chi connectivity index (χ4n) is 2.11. The number of rotatable bonds is 1. The Hall–Kier alpha value is -0.290. The van der Waals surface area contributed by atoms with Crippen LogP contribution < -0.4 is 10.5 Å². The Morgan fingerprint density at radius 2 is 2.29 bits per heavy atom. The van der Waals surface area contributed by atoms with Crippen LogP contribution >= 0.6 is 22.6 Å². The first-order valence-electron chi connectivity index (χ1n) is 4.85. The quantitative estimate of drug-likeness (QED) is 0.810. The molecule has 1 aliphatic rings. The van der Waals surface area contributed by atoms with Crippen molar-refractivity contribution in [3.63, 3.8) is 0 Å². The standard InChI is InChI=1S/C11H14INO/c1-14-10-6-5-8(12)11-7(10)3-2-4-9(11)13/h5-6,9H,2-4,13H2,1H3/t9-/m0/s1. The van der Waals surface area contributed by atoms with Crippen LogP contribution in [0.3, 0.4) is 0 Å². The zero-order valence-electron chi connectivity index (χ0n) is 8.22. The van der Waals surface area contributed by atoms with Crippen LogP contribution in [0.4, 0.5) is 0 Å². The fraction of sp³-hybridized carbons (Fsp3) is 0.455. The number of methoxy groups -OCH3 is 1. The summed E-state index contributed by atoms with van der Waals surface area (Å²) in [6.07, 6.45) is 3.36. The molecule has 1 aromatic carbocycles. The monoisotopic (exact) mass is 303 g/mol. The molecule has 0 bridgehead atoms. The second-order valence-corrected chi connectivity index (χ2v) is 4.80. The number of hydrogen-bond acceptors (Lipinski definition) is 2. The fourth-order valence-corrected chi connectivity index (χ4v) is 3.01. The van der Waals surface area contributed by atoms with Gasteiger partial charge in [-0.15, -0.1) is 0 Å². The number of fused-ring (bicyclic) bond motifs is 1. The average Bonchev–Trinajstić information content (AvgIpc) is 2.18. The molecule has 0 aromatic heterocycles. The average molecular weight is 303 g/mol. The first-order valence-corrected chi connectivity index (χ1v) is 5.92. The van der Waals surface area contributed by atoms with Crippen LogP contribution in [-0.2, 0) is 6.42 Å². The largest absolute Gasteiger partial charge is 0.496 e. The van der Waals surface area contributed by atoms with Gasteiger partial charge in [0, 0.05) is 9.61 Å². The maximum Gasteiger partial charge on any atom is 0.122 e. The Morgan fingerprint density at radius 3 is 3.00 bits per heavy atom. The first-order chi connectivity index (χ1) is 6.74. The van der Waals surface area contributed by atoms with E-state index < -0.39 is 0 Å². The van der Waals surface area contributed by atoms with E-state index in [4.69, 9.17) is 10.5 Å². The van der Waals surface area contributed by atoms with Crippen molar-refractivity contribution in [2.75, 3.05) is 7.11 Å². The number of hydrogen-bond donors (Lipinski definition) is 1. The Balaban J connectivity index is 2.57. The SMILES string of the molecule is COc1ccc(I)c2c1CCC[C@@H]2N. The van der Waals surface area contributed by atoms with E-state index in [0.717, 1.165) is 18.6 Å². The summed E-state index contributed by atoms with van der Waals surface area (Å²) in [5.74, 6) is 0.996. The summed E-state index contributed by atoms with van der Waals surface area (Å²) in [4.78, 5) is 0. The molecule has 0 spiro atoms. The van der Waals surface area contributed by atoms with Crippen molar-refractivity contribution in [1.82, 2.24) is 0 Å². The van der Waals surface area contributed by atoms with Crippen LogP contribution in [0, 0.1) is 3.57 Å². The molecule has 0 saturated carbocycles. The van der Waals surface area contributed by atoms with Crippen molar-refractivity contribution in [3.05, 3.63) is 26.8 Å². The molecule has 0 unspecified atom stereocenters. The highest BCUT2D eigenvalue weighted by Gasteiger charge is 2.22. The summed E-state index contributed by atoms with van der Waals surface area (Å²) in [6.45, 7) is 0. The van der Waals surface area contributed by atoms with Crippen molar-refractivity contribution in [2.24, 2.45) is 5.73 Å². The first kappa shape index (κ1) is 10.2. The molecule has 0 aliphatic heterocycles. The highest BCUT2D eigenvalue weighted by molar-refractivity contribution is 14.1. The van der Waals surface area contributed by atoms with Crippen LogP contribution in [-0.4, -0.2) is 7.11 Å². The smallest absolute Gasteiger partial charge is 0.122 e. The van der Waals surface area contributed by atoms with Crippen molar-refractivity contribution in [2.45, 2.75) is 25.3 Å². The van der Waals surface area contributed by atoms with Gasteiger partial charge in [0.1, 0.15) is 5.75 Å². The van der Waals surface area contributed by atoms with Crippen molar-refractivity contribution < 1.29 is 4.74 Å². The molecular weight excluding hydrogens is 289 g/mol. The zero-order chi connectivity index (χ0) is 10.1. The van der Waals surface area contributed by atoms with E-state index in [1.54, 1.807) is 7.11 Å². The van der Waals surface area contributed by atoms with E-state index in [2.05, 4.69) is 28.7 Å². The minimum Gasteiger partial charge on any atom is -0.496 e. The molecule has 2 rings (SSSR count). The number of halogens is 1. The van der Waals surface area contributed by atoms with Gasteiger partial charge in [0.25, 0.3) is 0 Å². The lowest BCUT2D eigenvalue weighted by molar-refractivity contribution is 0.403. The summed E-state index contributed by atoms with van der Waals surface area (Å²) in [6, 6.07) is 4.32. The third kappa shape index (κ3) is 1.63. The molecule has 3 heteroatoms. The molecule has 1 atom stereocenters. The van der Waals surface area contributed by atoms with E-state index >= 15 is 0 Å². The molecule has 14 heavy (non-hydrogen) atoms. The van der Waals surface area contributed by atoms with Crippen molar-refractivity contribution in [1.29, 1.82) is 0 Å². The molecule has 76 valence electrons. The highest BCUT2D eigenvalue weighted by atomic mass is 127. The predicted molar refractivity (Wildman–Crippen MR) is 65.6 cm³/mol. The van der Waals surface area contributed by atoms with Gasteiger partial charge in [-0.3, -0.25) is 0 Å². The van der Waals surface area contributed by atoms with E-state index in [1.807, 2.05) is 6.07 Å². The molecule has 0 saturated heterocycles. The second-order valence-electron chi connectivity index (χ2n) is 3.64. The predicted octanol–water partition coefficient (Wildman–Crippen LogP) is 2.64. The lowest BCUT2D eigenvalue weighted by Crippen LogP contribution is -2.19. The van der Waals surface area contributed by atoms with E-state index in [-0.39, 0.29) is 6.04 Å². The molecule has 0 fully saturated rings. The van der Waals surface area contributed by atoms with Crippen LogP contribution in [0.25, 0.3) is 0 Å². The molecule has 1 aliphatic carbocycles. The minimum atomic E-state index is 0.195. The van der Waals surface area contributed by atoms with Gasteiger partial charge in [-0.25, -0.2) is 0 Å². The normalized spacial score (nSPS) is 20.4. The number of benzene rings is 1. The molecule has 1 aromatic rings. The summed E-state index contributed by atoms with van der Waals surface area (Å²) >= 11 is 2.36.